The molecular weight excluding hydrogens is 352 g/mol. The molecule has 2 aliphatic heterocycles. The lowest BCUT2D eigenvalue weighted by atomic mass is 9.88. The second-order valence-corrected chi connectivity index (χ2v) is 6.42. The molecule has 0 bridgehead atoms. The zero-order valence-corrected chi connectivity index (χ0v) is 14.8. The fourth-order valence-corrected chi connectivity index (χ4v) is 3.14. The Kier molecular flexibility index (Phi) is 6.35. The number of hydrogen-bond acceptors (Lipinski definition) is 3. The number of hydrogen-bond donors (Lipinski definition) is 1. The van der Waals surface area contributed by atoms with Crippen molar-refractivity contribution in [3.63, 3.8) is 0 Å². The predicted octanol–water partition coefficient (Wildman–Crippen LogP) is 1.53. The molecule has 2 amide bonds. The van der Waals surface area contributed by atoms with Gasteiger partial charge in [0, 0.05) is 32.1 Å². The zero-order valence-electron chi connectivity index (χ0n) is 14.0. The summed E-state index contributed by atoms with van der Waals surface area (Å²) in [5.74, 6) is -1.96. The number of rotatable bonds is 3. The SMILES string of the molecule is CC(C(=O)N1CCN(C(=O)c2c(F)cccc2F)CC1)C1CNC1.Cl. The Hall–Kier alpha value is -1.73. The minimum absolute atomic E-state index is 0. The van der Waals surface area contributed by atoms with Crippen LogP contribution in [0.4, 0.5) is 8.78 Å². The first-order valence-electron chi connectivity index (χ1n) is 8.22. The molecule has 1 N–H and O–H groups in total. The van der Waals surface area contributed by atoms with Crippen LogP contribution in [0.25, 0.3) is 0 Å². The van der Waals surface area contributed by atoms with Gasteiger partial charge in [-0.25, -0.2) is 8.78 Å². The van der Waals surface area contributed by atoms with Gasteiger partial charge in [-0.2, -0.15) is 0 Å². The van der Waals surface area contributed by atoms with Gasteiger partial charge in [-0.3, -0.25) is 9.59 Å². The Morgan fingerprint density at radius 2 is 1.60 bits per heavy atom. The third kappa shape index (κ3) is 3.93. The summed E-state index contributed by atoms with van der Waals surface area (Å²) in [6, 6.07) is 3.38. The first kappa shape index (κ1) is 19.6. The summed E-state index contributed by atoms with van der Waals surface area (Å²) in [4.78, 5) is 28.0. The molecule has 1 atom stereocenters. The molecule has 0 radical (unpaired) electrons. The van der Waals surface area contributed by atoms with Gasteiger partial charge < -0.3 is 15.1 Å². The lowest BCUT2D eigenvalue weighted by Crippen LogP contribution is -2.55. The van der Waals surface area contributed by atoms with E-state index in [4.69, 9.17) is 0 Å². The Balaban J connectivity index is 0.00000225. The highest BCUT2D eigenvalue weighted by atomic mass is 35.5. The highest BCUT2D eigenvalue weighted by Crippen LogP contribution is 2.20. The molecule has 1 aromatic carbocycles. The maximum Gasteiger partial charge on any atom is 0.259 e. The summed E-state index contributed by atoms with van der Waals surface area (Å²) in [6.45, 7) is 5.01. The molecule has 0 spiro atoms. The van der Waals surface area contributed by atoms with Crippen LogP contribution in [0.5, 0.6) is 0 Å². The summed E-state index contributed by atoms with van der Waals surface area (Å²) in [5, 5.41) is 3.16. The molecule has 2 fully saturated rings. The van der Waals surface area contributed by atoms with Gasteiger partial charge in [-0.05, 0) is 31.1 Å². The summed E-state index contributed by atoms with van der Waals surface area (Å²) in [7, 11) is 0. The maximum absolute atomic E-state index is 13.7. The van der Waals surface area contributed by atoms with Crippen LogP contribution in [0.3, 0.4) is 0 Å². The Labute approximate surface area is 151 Å². The first-order valence-corrected chi connectivity index (χ1v) is 8.22. The Morgan fingerprint density at radius 1 is 1.08 bits per heavy atom. The number of benzene rings is 1. The van der Waals surface area contributed by atoms with Crippen LogP contribution in [0.15, 0.2) is 18.2 Å². The maximum atomic E-state index is 13.7. The van der Waals surface area contributed by atoms with Crippen molar-refractivity contribution in [3.05, 3.63) is 35.4 Å². The molecule has 0 aliphatic carbocycles. The molecule has 2 aliphatic rings. The molecule has 8 heteroatoms. The van der Waals surface area contributed by atoms with Crippen molar-refractivity contribution in [3.8, 4) is 0 Å². The van der Waals surface area contributed by atoms with Gasteiger partial charge in [0.25, 0.3) is 5.91 Å². The van der Waals surface area contributed by atoms with Gasteiger partial charge in [0.2, 0.25) is 5.91 Å². The Morgan fingerprint density at radius 3 is 2.08 bits per heavy atom. The second-order valence-electron chi connectivity index (χ2n) is 6.42. The Bertz CT molecular complexity index is 627. The van der Waals surface area contributed by atoms with E-state index in [1.165, 1.54) is 11.0 Å². The normalized spacial score (nSPS) is 19.0. The minimum Gasteiger partial charge on any atom is -0.339 e. The fraction of sp³-hybridized carbons (Fsp3) is 0.529. The molecule has 25 heavy (non-hydrogen) atoms. The van der Waals surface area contributed by atoms with E-state index >= 15 is 0 Å². The van der Waals surface area contributed by atoms with Gasteiger partial charge in [0.05, 0.1) is 0 Å². The third-order valence-electron chi connectivity index (χ3n) is 4.96. The number of carbonyl (C=O) groups excluding carboxylic acids is 2. The highest BCUT2D eigenvalue weighted by Gasteiger charge is 2.34. The highest BCUT2D eigenvalue weighted by molar-refractivity contribution is 5.95. The number of amides is 2. The zero-order chi connectivity index (χ0) is 17.3. The molecule has 5 nitrogen and oxygen atoms in total. The molecule has 2 heterocycles. The average molecular weight is 374 g/mol. The van der Waals surface area contributed by atoms with E-state index in [-0.39, 0.29) is 37.3 Å². The van der Waals surface area contributed by atoms with Crippen molar-refractivity contribution < 1.29 is 18.4 Å². The van der Waals surface area contributed by atoms with Gasteiger partial charge in [0.1, 0.15) is 17.2 Å². The molecule has 1 unspecified atom stereocenters. The van der Waals surface area contributed by atoms with E-state index in [0.29, 0.717) is 19.0 Å². The molecule has 0 saturated carbocycles. The number of halogens is 3. The van der Waals surface area contributed by atoms with E-state index in [9.17, 15) is 18.4 Å². The van der Waals surface area contributed by atoms with E-state index in [1.54, 1.807) is 4.90 Å². The van der Waals surface area contributed by atoms with Gasteiger partial charge >= 0.3 is 0 Å². The van der Waals surface area contributed by atoms with Gasteiger partial charge in [0.15, 0.2) is 0 Å². The second kappa shape index (κ2) is 8.10. The lowest BCUT2D eigenvalue weighted by Gasteiger charge is -2.39. The largest absolute Gasteiger partial charge is 0.339 e. The fourth-order valence-electron chi connectivity index (χ4n) is 3.14. The van der Waals surface area contributed by atoms with Crippen molar-refractivity contribution >= 4 is 24.2 Å². The quantitative estimate of drug-likeness (QED) is 0.874. The number of nitrogens with one attached hydrogen (secondary N) is 1. The van der Waals surface area contributed by atoms with Crippen molar-refractivity contribution in [1.82, 2.24) is 15.1 Å². The van der Waals surface area contributed by atoms with Gasteiger partial charge in [-0.15, -0.1) is 12.4 Å². The topological polar surface area (TPSA) is 52.7 Å². The van der Waals surface area contributed by atoms with Crippen molar-refractivity contribution in [2.45, 2.75) is 6.92 Å². The molecular formula is C17H22ClF2N3O2. The third-order valence-corrected chi connectivity index (χ3v) is 4.96. The van der Waals surface area contributed by atoms with Crippen molar-refractivity contribution in [1.29, 1.82) is 0 Å². The van der Waals surface area contributed by atoms with E-state index in [0.717, 1.165) is 25.2 Å². The monoisotopic (exact) mass is 373 g/mol. The molecule has 138 valence electrons. The van der Waals surface area contributed by atoms with Crippen LogP contribution >= 0.6 is 12.4 Å². The summed E-state index contributed by atoms with van der Waals surface area (Å²) in [5.41, 5.74) is -0.522. The number of piperazine rings is 1. The minimum atomic E-state index is -0.857. The summed E-state index contributed by atoms with van der Waals surface area (Å²) < 4.78 is 27.5. The van der Waals surface area contributed by atoms with Crippen LogP contribution in [0.2, 0.25) is 0 Å². The van der Waals surface area contributed by atoms with E-state index in [2.05, 4.69) is 5.32 Å². The van der Waals surface area contributed by atoms with Crippen LogP contribution in [-0.4, -0.2) is 60.9 Å². The van der Waals surface area contributed by atoms with Crippen molar-refractivity contribution in [2.24, 2.45) is 11.8 Å². The van der Waals surface area contributed by atoms with E-state index in [1.807, 2.05) is 6.92 Å². The van der Waals surface area contributed by atoms with Gasteiger partial charge in [-0.1, -0.05) is 13.0 Å². The first-order chi connectivity index (χ1) is 11.5. The predicted molar refractivity (Wildman–Crippen MR) is 91.6 cm³/mol. The number of carbonyl (C=O) groups is 2. The summed E-state index contributed by atoms with van der Waals surface area (Å²) >= 11 is 0. The molecule has 1 aromatic rings. The van der Waals surface area contributed by atoms with Crippen LogP contribution < -0.4 is 5.32 Å². The standard InChI is InChI=1S/C17H21F2N3O2.ClH/c1-11(12-9-20-10-12)16(23)21-5-7-22(8-6-21)17(24)15-13(18)3-2-4-14(15)19;/h2-4,11-12,20H,5-10H2,1H3;1H. The van der Waals surface area contributed by atoms with Crippen LogP contribution in [0, 0.1) is 23.5 Å². The molecule has 2 saturated heterocycles. The number of nitrogens with zero attached hydrogens (tertiary/aromatic N) is 2. The van der Waals surface area contributed by atoms with Crippen LogP contribution in [0.1, 0.15) is 17.3 Å². The molecule has 3 rings (SSSR count). The smallest absolute Gasteiger partial charge is 0.259 e. The average Bonchev–Trinajstić information content (AvgIpc) is 2.52. The lowest BCUT2D eigenvalue weighted by molar-refractivity contribution is -0.138. The van der Waals surface area contributed by atoms with E-state index < -0.39 is 23.1 Å². The molecule has 0 aromatic heterocycles. The van der Waals surface area contributed by atoms with Crippen LogP contribution in [-0.2, 0) is 4.79 Å². The van der Waals surface area contributed by atoms with Crippen molar-refractivity contribution in [2.75, 3.05) is 39.3 Å². The summed E-state index contributed by atoms with van der Waals surface area (Å²) in [6.07, 6.45) is 0.